The molecule has 1 aliphatic carbocycles. The zero-order valence-corrected chi connectivity index (χ0v) is 12.4. The summed E-state index contributed by atoms with van der Waals surface area (Å²) in [6, 6.07) is 8.66. The van der Waals surface area contributed by atoms with Crippen molar-refractivity contribution in [3.05, 3.63) is 47.9 Å². The molecule has 0 saturated heterocycles. The van der Waals surface area contributed by atoms with Gasteiger partial charge >= 0.3 is 0 Å². The van der Waals surface area contributed by atoms with Crippen LogP contribution in [0.25, 0.3) is 11.1 Å². The summed E-state index contributed by atoms with van der Waals surface area (Å²) in [4.78, 5) is 11.6. The topological polar surface area (TPSA) is 47.1 Å². The molecule has 1 saturated carbocycles. The first-order valence-electron chi connectivity index (χ1n) is 7.98. The van der Waals surface area contributed by atoms with Gasteiger partial charge in [0.25, 0.3) is 0 Å². The van der Waals surface area contributed by atoms with Gasteiger partial charge < -0.3 is 8.98 Å². The third-order valence-electron chi connectivity index (χ3n) is 4.66. The van der Waals surface area contributed by atoms with Gasteiger partial charge in [-0.25, -0.2) is 9.97 Å². The highest BCUT2D eigenvalue weighted by Gasteiger charge is 2.29. The summed E-state index contributed by atoms with van der Waals surface area (Å²) >= 11 is 0. The fourth-order valence-corrected chi connectivity index (χ4v) is 3.37. The molecule has 0 spiro atoms. The number of fused-ring (bicyclic) bond motifs is 2. The monoisotopic (exact) mass is 294 g/mol. The Labute approximate surface area is 128 Å². The van der Waals surface area contributed by atoms with Crippen molar-refractivity contribution in [1.29, 1.82) is 0 Å². The predicted molar refractivity (Wildman–Crippen MR) is 82.3 cm³/mol. The van der Waals surface area contributed by atoms with Crippen LogP contribution in [0.3, 0.4) is 0 Å². The number of para-hydroxylation sites is 2. The van der Waals surface area contributed by atoms with Crippen molar-refractivity contribution >= 4 is 11.1 Å². The molecule has 5 heteroatoms. The highest BCUT2D eigenvalue weighted by Crippen LogP contribution is 2.37. The van der Waals surface area contributed by atoms with Crippen LogP contribution in [0.4, 0.5) is 0 Å². The fourth-order valence-electron chi connectivity index (χ4n) is 3.37. The van der Waals surface area contributed by atoms with Crippen molar-refractivity contribution in [3.8, 4) is 0 Å². The molecule has 0 atom stereocenters. The van der Waals surface area contributed by atoms with Gasteiger partial charge in [-0.3, -0.25) is 4.90 Å². The second-order valence-electron chi connectivity index (χ2n) is 6.31. The number of hydrogen-bond donors (Lipinski definition) is 0. The van der Waals surface area contributed by atoms with Crippen LogP contribution >= 0.6 is 0 Å². The van der Waals surface area contributed by atoms with E-state index in [1.165, 1.54) is 24.2 Å². The van der Waals surface area contributed by atoms with Gasteiger partial charge in [0.2, 0.25) is 5.89 Å². The van der Waals surface area contributed by atoms with Crippen molar-refractivity contribution < 1.29 is 4.42 Å². The smallest absolute Gasteiger partial charge is 0.209 e. The molecule has 112 valence electrons. The highest BCUT2D eigenvalue weighted by atomic mass is 16.3. The summed E-state index contributed by atoms with van der Waals surface area (Å²) < 4.78 is 8.23. The maximum atomic E-state index is 5.83. The Bertz CT molecular complexity index is 797. The van der Waals surface area contributed by atoms with E-state index in [0.717, 1.165) is 49.1 Å². The van der Waals surface area contributed by atoms with E-state index in [9.17, 15) is 0 Å². The lowest BCUT2D eigenvalue weighted by atomic mass is 10.1. The van der Waals surface area contributed by atoms with Gasteiger partial charge in [-0.05, 0) is 25.0 Å². The molecule has 3 heterocycles. The molecule has 2 aromatic heterocycles. The Balaban J connectivity index is 1.36. The summed E-state index contributed by atoms with van der Waals surface area (Å²) in [5.41, 5.74) is 4.48. The second-order valence-corrected chi connectivity index (χ2v) is 6.31. The third-order valence-corrected chi connectivity index (χ3v) is 4.66. The quantitative estimate of drug-likeness (QED) is 0.745. The summed E-state index contributed by atoms with van der Waals surface area (Å²) in [5, 5.41) is 0. The number of hydrogen-bond acceptors (Lipinski definition) is 4. The van der Waals surface area contributed by atoms with Gasteiger partial charge in [0.1, 0.15) is 5.52 Å². The van der Waals surface area contributed by atoms with E-state index in [0.29, 0.717) is 0 Å². The molecule has 3 aromatic rings. The van der Waals surface area contributed by atoms with E-state index in [2.05, 4.69) is 19.4 Å². The minimum atomic E-state index is 0.722. The van der Waals surface area contributed by atoms with Crippen molar-refractivity contribution in [1.82, 2.24) is 19.4 Å². The van der Waals surface area contributed by atoms with Gasteiger partial charge in [-0.15, -0.1) is 0 Å². The average molecular weight is 294 g/mol. The van der Waals surface area contributed by atoms with Gasteiger partial charge in [0, 0.05) is 31.2 Å². The summed E-state index contributed by atoms with van der Waals surface area (Å²) in [6.45, 7) is 2.70. The van der Waals surface area contributed by atoms with E-state index in [4.69, 9.17) is 4.42 Å². The van der Waals surface area contributed by atoms with Gasteiger partial charge in [0.15, 0.2) is 5.58 Å². The first-order chi connectivity index (χ1) is 10.9. The number of rotatable bonds is 3. The first kappa shape index (κ1) is 12.4. The molecule has 0 N–H and O–H groups in total. The number of imidazole rings is 1. The Morgan fingerprint density at radius 1 is 1.23 bits per heavy atom. The normalized spacial score (nSPS) is 18.7. The standard InChI is InChI=1S/C17H18N4O/c1-2-4-16-13(3-1)19-17(22-16)10-20-8-7-15-14(9-20)18-11-21(15)12-5-6-12/h1-4,11-12H,5-10H2. The Hall–Kier alpha value is -2.14. The molecule has 2 aliphatic rings. The molecule has 0 radical (unpaired) electrons. The average Bonchev–Trinajstić information content (AvgIpc) is 3.16. The van der Waals surface area contributed by atoms with Gasteiger partial charge in [-0.2, -0.15) is 0 Å². The predicted octanol–water partition coefficient (Wildman–Crippen LogP) is 2.92. The summed E-state index contributed by atoms with van der Waals surface area (Å²) in [6.07, 6.45) is 5.74. The van der Waals surface area contributed by atoms with Crippen molar-refractivity contribution in [2.45, 2.75) is 38.4 Å². The molecular formula is C17H18N4O. The lowest BCUT2D eigenvalue weighted by molar-refractivity contribution is 0.218. The molecule has 1 fully saturated rings. The first-order valence-corrected chi connectivity index (χ1v) is 7.98. The number of oxazole rings is 1. The number of aromatic nitrogens is 3. The van der Waals surface area contributed by atoms with Crippen molar-refractivity contribution in [3.63, 3.8) is 0 Å². The van der Waals surface area contributed by atoms with Crippen LogP contribution in [0.5, 0.6) is 0 Å². The van der Waals surface area contributed by atoms with Crippen molar-refractivity contribution in [2.24, 2.45) is 0 Å². The van der Waals surface area contributed by atoms with Crippen LogP contribution in [-0.2, 0) is 19.5 Å². The maximum absolute atomic E-state index is 5.83. The molecular weight excluding hydrogens is 276 g/mol. The largest absolute Gasteiger partial charge is 0.439 e. The van der Waals surface area contributed by atoms with E-state index >= 15 is 0 Å². The third kappa shape index (κ3) is 2.04. The van der Waals surface area contributed by atoms with Crippen LogP contribution in [0.1, 0.15) is 36.2 Å². The van der Waals surface area contributed by atoms with Crippen LogP contribution in [-0.4, -0.2) is 26.0 Å². The molecule has 1 aromatic carbocycles. The minimum absolute atomic E-state index is 0.722. The van der Waals surface area contributed by atoms with E-state index in [1.54, 1.807) is 0 Å². The lowest BCUT2D eigenvalue weighted by Gasteiger charge is -2.25. The molecule has 0 bridgehead atoms. The van der Waals surface area contributed by atoms with Crippen LogP contribution in [0, 0.1) is 0 Å². The maximum Gasteiger partial charge on any atom is 0.209 e. The van der Waals surface area contributed by atoms with E-state index < -0.39 is 0 Å². The van der Waals surface area contributed by atoms with E-state index in [-0.39, 0.29) is 0 Å². The molecule has 5 nitrogen and oxygen atoms in total. The highest BCUT2D eigenvalue weighted by molar-refractivity contribution is 5.72. The zero-order chi connectivity index (χ0) is 14.5. The summed E-state index contributed by atoms with van der Waals surface area (Å²) in [5.74, 6) is 0.797. The molecule has 5 rings (SSSR count). The lowest BCUT2D eigenvalue weighted by Crippen LogP contribution is -2.31. The Kier molecular flexibility index (Phi) is 2.64. The zero-order valence-electron chi connectivity index (χ0n) is 12.4. The van der Waals surface area contributed by atoms with E-state index in [1.807, 2.05) is 30.6 Å². The molecule has 22 heavy (non-hydrogen) atoms. The molecule has 0 unspecified atom stereocenters. The molecule has 1 aliphatic heterocycles. The number of benzene rings is 1. The Morgan fingerprint density at radius 2 is 2.14 bits per heavy atom. The van der Waals surface area contributed by atoms with Crippen LogP contribution < -0.4 is 0 Å². The van der Waals surface area contributed by atoms with Crippen molar-refractivity contribution in [2.75, 3.05) is 6.54 Å². The van der Waals surface area contributed by atoms with Gasteiger partial charge in [-0.1, -0.05) is 12.1 Å². The fraction of sp³-hybridized carbons (Fsp3) is 0.412. The second kappa shape index (κ2) is 4.68. The number of nitrogens with zero attached hydrogens (tertiary/aromatic N) is 4. The SMILES string of the molecule is c1ccc2oc(CN3CCc4c(ncn4C4CC4)C3)nc2c1. The Morgan fingerprint density at radius 3 is 3.00 bits per heavy atom. The van der Waals surface area contributed by atoms with Crippen LogP contribution in [0.2, 0.25) is 0 Å². The van der Waals surface area contributed by atoms with Crippen LogP contribution in [0.15, 0.2) is 35.0 Å². The van der Waals surface area contributed by atoms with Gasteiger partial charge in [0.05, 0.1) is 18.6 Å². The molecule has 0 amide bonds. The summed E-state index contributed by atoms with van der Waals surface area (Å²) in [7, 11) is 0. The minimum Gasteiger partial charge on any atom is -0.439 e.